The van der Waals surface area contributed by atoms with Crippen LogP contribution < -0.4 is 4.90 Å². The van der Waals surface area contributed by atoms with Crippen molar-refractivity contribution in [3.63, 3.8) is 0 Å². The van der Waals surface area contributed by atoms with Crippen molar-refractivity contribution in [3.05, 3.63) is 45.7 Å². The maximum absolute atomic E-state index is 12.6. The highest BCUT2D eigenvalue weighted by atomic mass is 79.9. The first-order chi connectivity index (χ1) is 13.7. The van der Waals surface area contributed by atoms with E-state index < -0.39 is 10.0 Å². The van der Waals surface area contributed by atoms with Gasteiger partial charge in [-0.25, -0.2) is 8.42 Å². The summed E-state index contributed by atoms with van der Waals surface area (Å²) in [5.41, 5.74) is 1.68. The highest BCUT2D eigenvalue weighted by molar-refractivity contribution is 9.11. The van der Waals surface area contributed by atoms with Gasteiger partial charge in [0.05, 0.1) is 10.3 Å². The van der Waals surface area contributed by atoms with Crippen molar-refractivity contribution < 1.29 is 18.0 Å². The molecule has 1 aromatic carbocycles. The van der Waals surface area contributed by atoms with Crippen LogP contribution >= 0.6 is 27.3 Å². The summed E-state index contributed by atoms with van der Waals surface area (Å²) in [7, 11) is -2.26. The summed E-state index contributed by atoms with van der Waals surface area (Å²) in [4.78, 5) is 27.8. The molecular formula is C19H22BrN3O4S2. The van der Waals surface area contributed by atoms with Crippen LogP contribution in [0.1, 0.15) is 17.3 Å². The number of Topliss-reactive ketones (excluding diaryl/α,β-unsaturated/α-hetero) is 1. The minimum atomic E-state index is -3.68. The van der Waals surface area contributed by atoms with Gasteiger partial charge in [-0.1, -0.05) is 0 Å². The van der Waals surface area contributed by atoms with Crippen LogP contribution in [-0.2, 0) is 14.8 Å². The molecule has 1 fully saturated rings. The SMILES string of the molecule is CC(=O)c1ccc(N2CCN(C(=O)CN(C)S(=O)(=O)c3ccc(Br)s3)CC2)cc1. The number of anilines is 1. The fourth-order valence-corrected chi connectivity index (χ4v) is 6.43. The Hall–Kier alpha value is -1.75. The molecule has 156 valence electrons. The lowest BCUT2D eigenvalue weighted by atomic mass is 10.1. The molecule has 1 aliphatic rings. The molecule has 0 atom stereocenters. The summed E-state index contributed by atoms with van der Waals surface area (Å²) >= 11 is 4.38. The Morgan fingerprint density at radius 2 is 1.69 bits per heavy atom. The number of halogens is 1. The minimum absolute atomic E-state index is 0.0287. The maximum atomic E-state index is 12.6. The van der Waals surface area contributed by atoms with Gasteiger partial charge in [0.1, 0.15) is 4.21 Å². The zero-order valence-corrected chi connectivity index (χ0v) is 19.4. The summed E-state index contributed by atoms with van der Waals surface area (Å²) < 4.78 is 27.2. The number of piperazine rings is 1. The van der Waals surface area contributed by atoms with E-state index >= 15 is 0 Å². The van der Waals surface area contributed by atoms with Gasteiger partial charge in [-0.3, -0.25) is 9.59 Å². The molecule has 0 aliphatic carbocycles. The number of carbonyl (C=O) groups is 2. The van der Waals surface area contributed by atoms with E-state index in [0.717, 1.165) is 25.1 Å². The van der Waals surface area contributed by atoms with Gasteiger partial charge in [-0.15, -0.1) is 11.3 Å². The monoisotopic (exact) mass is 499 g/mol. The summed E-state index contributed by atoms with van der Waals surface area (Å²) in [6.07, 6.45) is 0. The Morgan fingerprint density at radius 3 is 2.21 bits per heavy atom. The third kappa shape index (κ3) is 5.06. The van der Waals surface area contributed by atoms with E-state index in [1.54, 1.807) is 23.1 Å². The molecule has 3 rings (SSSR count). The fourth-order valence-electron chi connectivity index (χ4n) is 3.09. The molecule has 1 amide bonds. The number of thiophene rings is 1. The summed E-state index contributed by atoms with van der Waals surface area (Å²) in [6, 6.07) is 10.6. The number of ketones is 1. The highest BCUT2D eigenvalue weighted by Crippen LogP contribution is 2.28. The van der Waals surface area contributed by atoms with Gasteiger partial charge < -0.3 is 9.80 Å². The van der Waals surface area contributed by atoms with Crippen LogP contribution in [0.2, 0.25) is 0 Å². The molecule has 1 aromatic heterocycles. The van der Waals surface area contributed by atoms with Crippen molar-refractivity contribution in [2.45, 2.75) is 11.1 Å². The lowest BCUT2D eigenvalue weighted by Gasteiger charge is -2.36. The quantitative estimate of drug-likeness (QED) is 0.570. The van der Waals surface area contributed by atoms with Crippen LogP contribution in [0.4, 0.5) is 5.69 Å². The smallest absolute Gasteiger partial charge is 0.252 e. The second-order valence-corrected chi connectivity index (χ2v) is 11.5. The number of rotatable bonds is 6. The first-order valence-electron chi connectivity index (χ1n) is 9.04. The number of hydrogen-bond donors (Lipinski definition) is 0. The maximum Gasteiger partial charge on any atom is 0.252 e. The average Bonchev–Trinajstić information content (AvgIpc) is 3.15. The normalized spacial score (nSPS) is 15.0. The van der Waals surface area contributed by atoms with Crippen LogP contribution in [0.5, 0.6) is 0 Å². The van der Waals surface area contributed by atoms with Crippen molar-refractivity contribution >= 4 is 54.7 Å². The molecule has 7 nitrogen and oxygen atoms in total. The Balaban J connectivity index is 1.56. The van der Waals surface area contributed by atoms with Crippen molar-refractivity contribution in [3.8, 4) is 0 Å². The van der Waals surface area contributed by atoms with Gasteiger partial charge in [0.25, 0.3) is 10.0 Å². The molecule has 0 saturated carbocycles. The summed E-state index contributed by atoms with van der Waals surface area (Å²) in [5, 5.41) is 0. The van der Waals surface area contributed by atoms with Crippen LogP contribution in [0.3, 0.4) is 0 Å². The predicted molar refractivity (Wildman–Crippen MR) is 117 cm³/mol. The van der Waals surface area contributed by atoms with Gasteiger partial charge in [-0.2, -0.15) is 4.31 Å². The molecule has 10 heteroatoms. The zero-order chi connectivity index (χ0) is 21.2. The Morgan fingerprint density at radius 1 is 1.07 bits per heavy atom. The lowest BCUT2D eigenvalue weighted by Crippen LogP contribution is -2.51. The number of amides is 1. The first kappa shape index (κ1) is 21.9. The molecule has 1 aliphatic heterocycles. The first-order valence-corrected chi connectivity index (χ1v) is 12.1. The van der Waals surface area contributed by atoms with Gasteiger partial charge >= 0.3 is 0 Å². The van der Waals surface area contributed by atoms with Gasteiger partial charge in [-0.05, 0) is 59.3 Å². The third-order valence-electron chi connectivity index (χ3n) is 4.84. The summed E-state index contributed by atoms with van der Waals surface area (Å²) in [5.74, 6) is -0.181. The molecule has 1 saturated heterocycles. The lowest BCUT2D eigenvalue weighted by molar-refractivity contribution is -0.131. The molecule has 0 bridgehead atoms. The second-order valence-electron chi connectivity index (χ2n) is 6.79. The van der Waals surface area contributed by atoms with E-state index in [2.05, 4.69) is 20.8 Å². The van der Waals surface area contributed by atoms with E-state index in [4.69, 9.17) is 0 Å². The molecule has 0 unspecified atom stereocenters. The van der Waals surface area contributed by atoms with E-state index in [1.165, 1.54) is 20.0 Å². The third-order valence-corrected chi connectivity index (χ3v) is 8.74. The Kier molecular flexibility index (Phi) is 6.77. The number of nitrogens with zero attached hydrogens (tertiary/aromatic N) is 3. The van der Waals surface area contributed by atoms with Gasteiger partial charge in [0, 0.05) is 44.5 Å². The summed E-state index contributed by atoms with van der Waals surface area (Å²) in [6.45, 7) is 3.69. The van der Waals surface area contributed by atoms with Crippen molar-refractivity contribution in [1.82, 2.24) is 9.21 Å². The number of likely N-dealkylation sites (N-methyl/N-ethyl adjacent to an activating group) is 1. The van der Waals surface area contributed by atoms with Crippen molar-refractivity contribution in [2.24, 2.45) is 0 Å². The number of carbonyl (C=O) groups excluding carboxylic acids is 2. The van der Waals surface area contributed by atoms with Crippen LogP contribution in [0.25, 0.3) is 0 Å². The molecule has 2 aromatic rings. The van der Waals surface area contributed by atoms with Gasteiger partial charge in [0.15, 0.2) is 5.78 Å². The van der Waals surface area contributed by atoms with Crippen molar-refractivity contribution in [2.75, 3.05) is 44.7 Å². The largest absolute Gasteiger partial charge is 0.368 e. The zero-order valence-electron chi connectivity index (χ0n) is 16.2. The molecule has 29 heavy (non-hydrogen) atoms. The molecular weight excluding hydrogens is 478 g/mol. The number of benzene rings is 1. The molecule has 0 radical (unpaired) electrons. The fraction of sp³-hybridized carbons (Fsp3) is 0.368. The predicted octanol–water partition coefficient (Wildman–Crippen LogP) is 2.68. The van der Waals surface area contributed by atoms with E-state index in [-0.39, 0.29) is 22.4 Å². The second kappa shape index (κ2) is 8.95. The van der Waals surface area contributed by atoms with E-state index in [0.29, 0.717) is 31.7 Å². The average molecular weight is 500 g/mol. The van der Waals surface area contributed by atoms with Gasteiger partial charge in [0.2, 0.25) is 5.91 Å². The number of hydrogen-bond acceptors (Lipinski definition) is 6. The molecule has 0 spiro atoms. The molecule has 2 heterocycles. The number of sulfonamides is 1. The topological polar surface area (TPSA) is 78.0 Å². The Bertz CT molecular complexity index is 997. The van der Waals surface area contributed by atoms with Crippen molar-refractivity contribution in [1.29, 1.82) is 0 Å². The Labute approximate surface area is 183 Å². The van der Waals surface area contributed by atoms with E-state index in [1.807, 2.05) is 12.1 Å². The van der Waals surface area contributed by atoms with Crippen LogP contribution in [0.15, 0.2) is 44.4 Å². The van der Waals surface area contributed by atoms with Crippen LogP contribution in [-0.4, -0.2) is 69.1 Å². The van der Waals surface area contributed by atoms with Crippen LogP contribution in [0, 0.1) is 0 Å². The van der Waals surface area contributed by atoms with E-state index in [9.17, 15) is 18.0 Å². The minimum Gasteiger partial charge on any atom is -0.368 e. The molecule has 0 N–H and O–H groups in total. The highest BCUT2D eigenvalue weighted by Gasteiger charge is 2.28. The standard InChI is InChI=1S/C19H22BrN3O4S2/c1-14(24)15-3-5-16(6-4-15)22-9-11-23(12-10-22)18(25)13-21(2)29(26,27)19-8-7-17(20)28-19/h3-8H,9-13H2,1-2H3.